The normalized spacial score (nSPS) is 11.7. The number of nitrogens with zero attached hydrogens (tertiary/aromatic N) is 5. The molecule has 4 aromatic rings. The Morgan fingerprint density at radius 3 is 2.63 bits per heavy atom. The second-order valence-electron chi connectivity index (χ2n) is 8.00. The summed E-state index contributed by atoms with van der Waals surface area (Å²) in [6, 6.07) is 4.64. The summed E-state index contributed by atoms with van der Waals surface area (Å²) in [6.07, 6.45) is 0.538. The first-order valence-electron chi connectivity index (χ1n) is 11.4. The van der Waals surface area contributed by atoms with Crippen molar-refractivity contribution in [2.45, 2.75) is 19.6 Å². The summed E-state index contributed by atoms with van der Waals surface area (Å²) in [5.74, 6) is -0.199. The van der Waals surface area contributed by atoms with E-state index in [9.17, 15) is 18.0 Å². The fourth-order valence-electron chi connectivity index (χ4n) is 3.68. The Hall–Kier alpha value is -4.01. The van der Waals surface area contributed by atoms with Crippen LogP contribution in [0.1, 0.15) is 21.6 Å². The lowest BCUT2D eigenvalue weighted by atomic mass is 10.1. The van der Waals surface area contributed by atoms with E-state index in [2.05, 4.69) is 15.1 Å². The molecular formula is C24H24F3N5O6. The van der Waals surface area contributed by atoms with Crippen LogP contribution >= 0.6 is 0 Å². The summed E-state index contributed by atoms with van der Waals surface area (Å²) in [5.41, 5.74) is -0.170. The van der Waals surface area contributed by atoms with E-state index in [4.69, 9.17) is 24.4 Å². The van der Waals surface area contributed by atoms with E-state index < -0.39 is 17.8 Å². The highest BCUT2D eigenvalue weighted by Crippen LogP contribution is 2.37. The summed E-state index contributed by atoms with van der Waals surface area (Å²) in [4.78, 5) is 20.7. The zero-order valence-electron chi connectivity index (χ0n) is 20.2. The molecular weight excluding hydrogens is 511 g/mol. The number of benzene rings is 1. The first kappa shape index (κ1) is 27.0. The Balaban J connectivity index is 1.57. The van der Waals surface area contributed by atoms with Crippen LogP contribution in [0.2, 0.25) is 0 Å². The topological polar surface area (TPSA) is 133 Å². The van der Waals surface area contributed by atoms with E-state index in [1.165, 1.54) is 41.3 Å². The molecule has 0 amide bonds. The Bertz CT molecular complexity index is 1420. The number of ether oxygens (including phenoxy) is 3. The third-order valence-corrected chi connectivity index (χ3v) is 5.36. The maximum absolute atomic E-state index is 13.7. The minimum absolute atomic E-state index is 0.0274. The number of alkyl halides is 3. The van der Waals surface area contributed by atoms with Crippen LogP contribution in [0.15, 0.2) is 43.0 Å². The molecule has 202 valence electrons. The van der Waals surface area contributed by atoms with E-state index >= 15 is 0 Å². The Kier molecular flexibility index (Phi) is 8.24. The summed E-state index contributed by atoms with van der Waals surface area (Å²) in [5, 5.41) is 21.4. The van der Waals surface area contributed by atoms with Gasteiger partial charge in [0.1, 0.15) is 12.4 Å². The van der Waals surface area contributed by atoms with Crippen molar-refractivity contribution in [1.29, 1.82) is 0 Å². The number of esters is 1. The highest BCUT2D eigenvalue weighted by atomic mass is 19.4. The van der Waals surface area contributed by atoms with E-state index in [1.54, 1.807) is 13.0 Å². The number of hydrogen-bond acceptors (Lipinski definition) is 9. The SMILES string of the molecule is Cc1cc(Oc2nccn3c(-c4cn(CCO)nc4C(F)(F)F)cnc23)ccc1C(=O)OCCOCCO. The molecule has 0 unspecified atom stereocenters. The average Bonchev–Trinajstić information content (AvgIpc) is 3.49. The maximum atomic E-state index is 13.7. The summed E-state index contributed by atoms with van der Waals surface area (Å²) in [7, 11) is 0. The Morgan fingerprint density at radius 2 is 1.92 bits per heavy atom. The molecule has 0 fully saturated rings. The predicted molar refractivity (Wildman–Crippen MR) is 126 cm³/mol. The lowest BCUT2D eigenvalue weighted by Crippen LogP contribution is -2.13. The van der Waals surface area contributed by atoms with Gasteiger partial charge in [-0.05, 0) is 30.7 Å². The van der Waals surface area contributed by atoms with Crippen molar-refractivity contribution >= 4 is 11.6 Å². The number of fused-ring (bicyclic) bond motifs is 1. The van der Waals surface area contributed by atoms with Crippen molar-refractivity contribution in [3.8, 4) is 22.9 Å². The first-order valence-corrected chi connectivity index (χ1v) is 11.4. The molecule has 3 heterocycles. The first-order chi connectivity index (χ1) is 18.2. The highest BCUT2D eigenvalue weighted by Gasteiger charge is 2.38. The van der Waals surface area contributed by atoms with E-state index in [0.29, 0.717) is 16.9 Å². The van der Waals surface area contributed by atoms with Gasteiger partial charge in [-0.1, -0.05) is 0 Å². The molecule has 3 aromatic heterocycles. The van der Waals surface area contributed by atoms with Crippen molar-refractivity contribution in [1.82, 2.24) is 24.1 Å². The minimum Gasteiger partial charge on any atom is -0.460 e. The number of aryl methyl sites for hydroxylation is 1. The van der Waals surface area contributed by atoms with Gasteiger partial charge >= 0.3 is 12.1 Å². The number of imidazole rings is 1. The second kappa shape index (κ2) is 11.6. The maximum Gasteiger partial charge on any atom is 0.435 e. The third kappa shape index (κ3) is 5.93. The van der Waals surface area contributed by atoms with Crippen molar-refractivity contribution in [3.05, 3.63) is 59.8 Å². The molecule has 1 aromatic carbocycles. The molecule has 38 heavy (non-hydrogen) atoms. The van der Waals surface area contributed by atoms with Crippen molar-refractivity contribution in [2.75, 3.05) is 33.0 Å². The van der Waals surface area contributed by atoms with Gasteiger partial charge in [0.15, 0.2) is 5.69 Å². The van der Waals surface area contributed by atoms with Gasteiger partial charge in [-0.2, -0.15) is 18.3 Å². The summed E-state index contributed by atoms with van der Waals surface area (Å²) < 4.78 is 59.4. The van der Waals surface area contributed by atoms with Gasteiger partial charge in [0.05, 0.1) is 56.0 Å². The lowest BCUT2D eigenvalue weighted by Gasteiger charge is -2.11. The van der Waals surface area contributed by atoms with Gasteiger partial charge in [-0.15, -0.1) is 0 Å². The van der Waals surface area contributed by atoms with Gasteiger partial charge in [0.25, 0.3) is 5.88 Å². The number of aliphatic hydroxyl groups excluding tert-OH is 2. The van der Waals surface area contributed by atoms with Gasteiger partial charge in [0, 0.05) is 18.6 Å². The fraction of sp³-hybridized carbons (Fsp3) is 0.333. The summed E-state index contributed by atoms with van der Waals surface area (Å²) in [6.45, 7) is 1.43. The monoisotopic (exact) mass is 535 g/mol. The van der Waals surface area contributed by atoms with Crippen molar-refractivity contribution in [3.63, 3.8) is 0 Å². The van der Waals surface area contributed by atoms with E-state index in [0.717, 1.165) is 4.68 Å². The smallest absolute Gasteiger partial charge is 0.435 e. The fourth-order valence-corrected chi connectivity index (χ4v) is 3.68. The van der Waals surface area contributed by atoms with Crippen LogP contribution in [0.4, 0.5) is 13.2 Å². The van der Waals surface area contributed by atoms with Crippen LogP contribution in [0.25, 0.3) is 16.9 Å². The molecule has 4 rings (SSSR count). The van der Waals surface area contributed by atoms with Crippen LogP contribution < -0.4 is 4.74 Å². The number of aromatic nitrogens is 5. The van der Waals surface area contributed by atoms with Crippen LogP contribution in [-0.4, -0.2) is 73.4 Å². The summed E-state index contributed by atoms with van der Waals surface area (Å²) >= 11 is 0. The van der Waals surface area contributed by atoms with E-state index in [1.807, 2.05) is 0 Å². The third-order valence-electron chi connectivity index (χ3n) is 5.36. The number of aliphatic hydroxyl groups is 2. The standard InChI is InChI=1S/C24H24F3N5O6/c1-15-12-16(2-3-17(15)23(35)37-11-10-36-9-8-34)38-22-21-29-13-19(32(21)5-4-28-22)18-14-31(6-7-33)30-20(18)24(25,26)27/h2-5,12-14,33-34H,6-11H2,1H3. The zero-order chi connectivity index (χ0) is 27.3. The highest BCUT2D eigenvalue weighted by molar-refractivity contribution is 5.91. The van der Waals surface area contributed by atoms with Crippen LogP contribution in [-0.2, 0) is 22.2 Å². The Morgan fingerprint density at radius 1 is 1.11 bits per heavy atom. The van der Waals surface area contributed by atoms with Crippen LogP contribution in [0.3, 0.4) is 0 Å². The van der Waals surface area contributed by atoms with Gasteiger partial charge in [-0.3, -0.25) is 9.08 Å². The number of halogens is 3. The predicted octanol–water partition coefficient (Wildman–Crippen LogP) is 2.87. The number of hydrogen-bond donors (Lipinski definition) is 2. The molecule has 0 saturated heterocycles. The zero-order valence-corrected chi connectivity index (χ0v) is 20.2. The molecule has 2 N–H and O–H groups in total. The Labute approximate surface area is 214 Å². The molecule has 0 aliphatic heterocycles. The van der Waals surface area contributed by atoms with Crippen LogP contribution in [0, 0.1) is 6.92 Å². The molecule has 0 bridgehead atoms. The van der Waals surface area contributed by atoms with Gasteiger partial charge < -0.3 is 24.4 Å². The average molecular weight is 535 g/mol. The minimum atomic E-state index is -4.72. The molecule has 0 spiro atoms. The van der Waals surface area contributed by atoms with Gasteiger partial charge in [0.2, 0.25) is 5.65 Å². The van der Waals surface area contributed by atoms with E-state index in [-0.39, 0.29) is 62.4 Å². The molecule has 0 aliphatic rings. The van der Waals surface area contributed by atoms with Gasteiger partial charge in [-0.25, -0.2) is 14.8 Å². The van der Waals surface area contributed by atoms with Crippen molar-refractivity contribution < 1.29 is 42.4 Å². The number of rotatable bonds is 11. The molecule has 0 aliphatic carbocycles. The molecule has 0 saturated carbocycles. The largest absolute Gasteiger partial charge is 0.460 e. The van der Waals surface area contributed by atoms with Crippen molar-refractivity contribution in [2.24, 2.45) is 0 Å². The number of carbonyl (C=O) groups is 1. The lowest BCUT2D eigenvalue weighted by molar-refractivity contribution is -0.141. The molecule has 0 atom stereocenters. The second-order valence-corrected chi connectivity index (χ2v) is 8.00. The number of carbonyl (C=O) groups excluding carboxylic acids is 1. The van der Waals surface area contributed by atoms with Crippen LogP contribution in [0.5, 0.6) is 11.6 Å². The molecule has 14 heteroatoms. The molecule has 0 radical (unpaired) electrons. The quantitative estimate of drug-likeness (QED) is 0.220. The molecule has 11 nitrogen and oxygen atoms in total.